The third kappa shape index (κ3) is 4.30. The Morgan fingerprint density at radius 2 is 1.91 bits per heavy atom. The average Bonchev–Trinajstić information content (AvgIpc) is 2.87. The molecule has 4 nitrogen and oxygen atoms in total. The Morgan fingerprint density at radius 3 is 2.50 bits per heavy atom. The van der Waals surface area contributed by atoms with Crippen LogP contribution in [-0.2, 0) is 21.7 Å². The first-order valence-electron chi connectivity index (χ1n) is 7.16. The third-order valence-corrected chi connectivity index (χ3v) is 5.65. The highest BCUT2D eigenvalue weighted by Gasteiger charge is 2.18. The van der Waals surface area contributed by atoms with Gasteiger partial charge in [0.25, 0.3) is 0 Å². The normalized spacial score (nSPS) is 12.4. The number of rotatable bonds is 5. The number of aromatic nitrogens is 1. The predicted octanol–water partition coefficient (Wildman–Crippen LogP) is 3.50. The van der Waals surface area contributed by atoms with Gasteiger partial charge in [0.1, 0.15) is 0 Å². The minimum Gasteiger partial charge on any atom is -0.384 e. The van der Waals surface area contributed by atoms with E-state index in [1.165, 1.54) is 6.26 Å². The molecule has 0 aliphatic rings. The Morgan fingerprint density at radius 1 is 1.23 bits per heavy atom. The zero-order valence-corrected chi connectivity index (χ0v) is 15.0. The maximum atomic E-state index is 11.7. The molecule has 0 aliphatic heterocycles. The molecule has 2 aromatic rings. The first kappa shape index (κ1) is 17.0. The van der Waals surface area contributed by atoms with Gasteiger partial charge in [-0.15, -0.1) is 11.3 Å². The summed E-state index contributed by atoms with van der Waals surface area (Å²) < 4.78 is 23.5. The highest BCUT2D eigenvalue weighted by molar-refractivity contribution is 7.90. The molecule has 0 atom stereocenters. The van der Waals surface area contributed by atoms with E-state index in [1.807, 2.05) is 6.07 Å². The standard InChI is InChI=1S/C16H22N2O2S2/c1-16(2,3)15-18-12(11-21-15)9-10-17-13-7-5-6-8-14(13)22(4,19)20/h5-8,11,17H,9-10H2,1-4H3. The van der Waals surface area contributed by atoms with Gasteiger partial charge in [-0.1, -0.05) is 32.9 Å². The van der Waals surface area contributed by atoms with Gasteiger partial charge in [-0.05, 0) is 12.1 Å². The number of nitrogens with one attached hydrogen (secondary N) is 1. The summed E-state index contributed by atoms with van der Waals surface area (Å²) in [7, 11) is -3.22. The van der Waals surface area contributed by atoms with Gasteiger partial charge < -0.3 is 5.32 Å². The molecular weight excluding hydrogens is 316 g/mol. The van der Waals surface area contributed by atoms with Crippen LogP contribution in [0.1, 0.15) is 31.5 Å². The summed E-state index contributed by atoms with van der Waals surface area (Å²) in [6.45, 7) is 7.10. The van der Waals surface area contributed by atoms with E-state index >= 15 is 0 Å². The van der Waals surface area contributed by atoms with Gasteiger partial charge in [0.05, 0.1) is 21.3 Å². The molecule has 1 aromatic heterocycles. The van der Waals surface area contributed by atoms with Crippen molar-refractivity contribution in [3.05, 3.63) is 40.3 Å². The molecule has 0 saturated heterocycles. The van der Waals surface area contributed by atoms with E-state index < -0.39 is 9.84 Å². The summed E-state index contributed by atoms with van der Waals surface area (Å²) in [5.74, 6) is 0. The summed E-state index contributed by atoms with van der Waals surface area (Å²) in [6, 6.07) is 6.98. The Hall–Kier alpha value is -1.40. The lowest BCUT2D eigenvalue weighted by atomic mass is 9.98. The minimum absolute atomic E-state index is 0.0687. The second kappa shape index (κ2) is 6.38. The lowest BCUT2D eigenvalue weighted by molar-refractivity contribution is 0.583. The molecule has 0 bridgehead atoms. The highest BCUT2D eigenvalue weighted by atomic mass is 32.2. The van der Waals surface area contributed by atoms with E-state index in [-0.39, 0.29) is 5.41 Å². The van der Waals surface area contributed by atoms with Crippen LogP contribution in [0, 0.1) is 0 Å². The zero-order chi connectivity index (χ0) is 16.4. The predicted molar refractivity (Wildman–Crippen MR) is 92.6 cm³/mol. The van der Waals surface area contributed by atoms with Gasteiger partial charge in [-0.25, -0.2) is 13.4 Å². The second-order valence-corrected chi connectivity index (χ2v) is 9.18. The molecule has 22 heavy (non-hydrogen) atoms. The van der Waals surface area contributed by atoms with Gasteiger partial charge in [0.2, 0.25) is 0 Å². The molecule has 1 aromatic carbocycles. The van der Waals surface area contributed by atoms with Crippen molar-refractivity contribution in [2.45, 2.75) is 37.5 Å². The Kier molecular flexibility index (Phi) is 4.92. The van der Waals surface area contributed by atoms with Crippen molar-refractivity contribution in [3.63, 3.8) is 0 Å². The molecule has 1 heterocycles. The number of hydrogen-bond acceptors (Lipinski definition) is 5. The van der Waals surface area contributed by atoms with Crippen LogP contribution in [0.3, 0.4) is 0 Å². The summed E-state index contributed by atoms with van der Waals surface area (Å²) in [5.41, 5.74) is 1.76. The van der Waals surface area contributed by atoms with Crippen LogP contribution in [0.2, 0.25) is 0 Å². The van der Waals surface area contributed by atoms with Crippen LogP contribution < -0.4 is 5.32 Å². The first-order valence-corrected chi connectivity index (χ1v) is 9.93. The van der Waals surface area contributed by atoms with Crippen LogP contribution in [-0.4, -0.2) is 26.2 Å². The van der Waals surface area contributed by atoms with Crippen LogP contribution in [0.15, 0.2) is 34.5 Å². The topological polar surface area (TPSA) is 59.1 Å². The number of sulfone groups is 1. The Labute approximate surface area is 136 Å². The fourth-order valence-electron chi connectivity index (χ4n) is 2.03. The van der Waals surface area contributed by atoms with E-state index in [0.29, 0.717) is 17.1 Å². The molecule has 6 heteroatoms. The number of anilines is 1. The maximum Gasteiger partial charge on any atom is 0.177 e. The summed E-state index contributed by atoms with van der Waals surface area (Å²) in [6.07, 6.45) is 1.99. The van der Waals surface area contributed by atoms with Crippen LogP contribution in [0.4, 0.5) is 5.69 Å². The van der Waals surface area contributed by atoms with Crippen molar-refractivity contribution < 1.29 is 8.42 Å². The average molecular weight is 338 g/mol. The minimum atomic E-state index is -3.22. The lowest BCUT2D eigenvalue weighted by Crippen LogP contribution is -2.12. The SMILES string of the molecule is CC(C)(C)c1nc(CCNc2ccccc2S(C)(=O)=O)cs1. The highest BCUT2D eigenvalue weighted by Crippen LogP contribution is 2.26. The Balaban J connectivity index is 2.02. The molecule has 0 spiro atoms. The molecule has 1 N–H and O–H groups in total. The number of nitrogens with zero attached hydrogens (tertiary/aromatic N) is 1. The van der Waals surface area contributed by atoms with Gasteiger partial charge >= 0.3 is 0 Å². The smallest absolute Gasteiger partial charge is 0.177 e. The lowest BCUT2D eigenvalue weighted by Gasteiger charge is -2.13. The zero-order valence-electron chi connectivity index (χ0n) is 13.4. The van der Waals surface area contributed by atoms with Crippen molar-refractivity contribution >= 4 is 26.9 Å². The Bertz CT molecular complexity index is 744. The van der Waals surface area contributed by atoms with Crippen LogP contribution >= 0.6 is 11.3 Å². The number of hydrogen-bond donors (Lipinski definition) is 1. The van der Waals surface area contributed by atoms with Gasteiger partial charge in [0, 0.05) is 30.0 Å². The van der Waals surface area contributed by atoms with Crippen molar-refractivity contribution in [2.75, 3.05) is 18.1 Å². The number of benzene rings is 1. The fraction of sp³-hybridized carbons (Fsp3) is 0.438. The van der Waals surface area contributed by atoms with Crippen LogP contribution in [0.25, 0.3) is 0 Å². The first-order chi connectivity index (χ1) is 10.2. The molecular formula is C16H22N2O2S2. The monoisotopic (exact) mass is 338 g/mol. The van der Waals surface area contributed by atoms with E-state index in [0.717, 1.165) is 17.1 Å². The molecule has 2 rings (SSSR count). The van der Waals surface area contributed by atoms with Gasteiger partial charge in [-0.3, -0.25) is 0 Å². The number of thiazole rings is 1. The largest absolute Gasteiger partial charge is 0.384 e. The molecule has 0 fully saturated rings. The van der Waals surface area contributed by atoms with Crippen LogP contribution in [0.5, 0.6) is 0 Å². The quantitative estimate of drug-likeness (QED) is 0.906. The molecule has 0 saturated carbocycles. The third-order valence-electron chi connectivity index (χ3n) is 3.18. The van der Waals surface area contributed by atoms with E-state index in [4.69, 9.17) is 0 Å². The van der Waals surface area contributed by atoms with Crippen molar-refractivity contribution in [2.24, 2.45) is 0 Å². The van der Waals surface area contributed by atoms with Crippen molar-refractivity contribution in [3.8, 4) is 0 Å². The molecule has 0 radical (unpaired) electrons. The van der Waals surface area contributed by atoms with Crippen molar-refractivity contribution in [1.82, 2.24) is 4.98 Å². The van der Waals surface area contributed by atoms with E-state index in [9.17, 15) is 8.42 Å². The van der Waals surface area contributed by atoms with Crippen molar-refractivity contribution in [1.29, 1.82) is 0 Å². The fourth-order valence-corrected chi connectivity index (χ4v) is 3.83. The van der Waals surface area contributed by atoms with Gasteiger partial charge in [0.15, 0.2) is 9.84 Å². The summed E-state index contributed by atoms with van der Waals surface area (Å²) in [4.78, 5) is 4.98. The maximum absolute atomic E-state index is 11.7. The van der Waals surface area contributed by atoms with Gasteiger partial charge in [-0.2, -0.15) is 0 Å². The van der Waals surface area contributed by atoms with E-state index in [1.54, 1.807) is 29.5 Å². The molecule has 0 unspecified atom stereocenters. The number of para-hydroxylation sites is 1. The molecule has 120 valence electrons. The molecule has 0 aliphatic carbocycles. The molecule has 0 amide bonds. The second-order valence-electron chi connectivity index (χ2n) is 6.34. The summed E-state index contributed by atoms with van der Waals surface area (Å²) in [5, 5.41) is 6.40. The summed E-state index contributed by atoms with van der Waals surface area (Å²) >= 11 is 1.68. The van der Waals surface area contributed by atoms with E-state index in [2.05, 4.69) is 36.5 Å².